The molecular weight excluding hydrogens is 286 g/mol. The second kappa shape index (κ2) is 5.50. The fraction of sp³-hybridized carbons (Fsp3) is 0. The molecule has 0 aliphatic heterocycles. The fourth-order valence-corrected chi connectivity index (χ4v) is 2.67. The van der Waals surface area contributed by atoms with Crippen LogP contribution < -0.4 is 5.32 Å². The van der Waals surface area contributed by atoms with Gasteiger partial charge in [-0.3, -0.25) is 4.79 Å². The van der Waals surface area contributed by atoms with Crippen LogP contribution in [0.4, 0.5) is 5.69 Å². The normalized spacial score (nSPS) is 10.8. The molecule has 0 fully saturated rings. The molecule has 4 rings (SSSR count). The van der Waals surface area contributed by atoms with Crippen molar-refractivity contribution in [2.75, 3.05) is 5.32 Å². The van der Waals surface area contributed by atoms with Gasteiger partial charge in [0, 0.05) is 27.4 Å². The minimum atomic E-state index is -0.139. The van der Waals surface area contributed by atoms with Crippen molar-refractivity contribution in [2.45, 2.75) is 0 Å². The van der Waals surface area contributed by atoms with Gasteiger partial charge in [0.05, 0.1) is 12.4 Å². The lowest BCUT2D eigenvalue weighted by molar-refractivity contribution is 0.102. The second-order valence-corrected chi connectivity index (χ2v) is 5.31. The summed E-state index contributed by atoms with van der Waals surface area (Å²) in [4.78, 5) is 12.6. The van der Waals surface area contributed by atoms with E-state index in [4.69, 9.17) is 0 Å². The third kappa shape index (κ3) is 2.51. The zero-order valence-electron chi connectivity index (χ0n) is 12.2. The van der Waals surface area contributed by atoms with Crippen molar-refractivity contribution < 1.29 is 4.79 Å². The topological polar surface area (TPSA) is 54.9 Å². The van der Waals surface area contributed by atoms with Crippen LogP contribution in [0, 0.1) is 0 Å². The molecule has 0 bridgehead atoms. The van der Waals surface area contributed by atoms with E-state index in [0.29, 0.717) is 5.56 Å². The molecule has 1 aromatic heterocycles. The summed E-state index contributed by atoms with van der Waals surface area (Å²) in [6.07, 6.45) is 3.34. The van der Waals surface area contributed by atoms with Crippen molar-refractivity contribution in [1.82, 2.24) is 10.2 Å². The number of carbonyl (C=O) groups excluding carboxylic acids is 1. The molecule has 110 valence electrons. The number of nitrogens with zero attached hydrogens (tertiary/aromatic N) is 2. The summed E-state index contributed by atoms with van der Waals surface area (Å²) in [7, 11) is 0. The van der Waals surface area contributed by atoms with Gasteiger partial charge >= 0.3 is 0 Å². The van der Waals surface area contributed by atoms with Crippen LogP contribution in [0.15, 0.2) is 73.1 Å². The summed E-state index contributed by atoms with van der Waals surface area (Å²) in [6.45, 7) is 0. The van der Waals surface area contributed by atoms with Gasteiger partial charge in [-0.25, -0.2) is 0 Å². The first-order valence-electron chi connectivity index (χ1n) is 7.31. The Morgan fingerprint density at radius 1 is 0.783 bits per heavy atom. The summed E-state index contributed by atoms with van der Waals surface area (Å²) in [5.74, 6) is -0.139. The maximum atomic E-state index is 12.6. The predicted molar refractivity (Wildman–Crippen MR) is 91.4 cm³/mol. The van der Waals surface area contributed by atoms with Crippen molar-refractivity contribution in [1.29, 1.82) is 0 Å². The molecule has 23 heavy (non-hydrogen) atoms. The highest BCUT2D eigenvalue weighted by molar-refractivity contribution is 6.10. The van der Waals surface area contributed by atoms with Crippen molar-refractivity contribution in [3.63, 3.8) is 0 Å². The van der Waals surface area contributed by atoms with E-state index in [9.17, 15) is 4.79 Å². The Balaban J connectivity index is 1.70. The van der Waals surface area contributed by atoms with Gasteiger partial charge < -0.3 is 5.32 Å². The van der Waals surface area contributed by atoms with Gasteiger partial charge in [0.2, 0.25) is 0 Å². The second-order valence-electron chi connectivity index (χ2n) is 5.31. The standard InChI is InChI=1S/C19H13N3O/c23-19(14-8-9-15-11-20-21-12-16(15)10-14)22-18-7-3-5-13-4-1-2-6-17(13)18/h1-12H,(H,22,23). The minimum absolute atomic E-state index is 0.139. The monoisotopic (exact) mass is 299 g/mol. The Bertz CT molecular complexity index is 1020. The first kappa shape index (κ1) is 13.4. The average Bonchev–Trinajstić information content (AvgIpc) is 2.61. The van der Waals surface area contributed by atoms with Crippen molar-refractivity contribution in [3.8, 4) is 0 Å². The van der Waals surface area contributed by atoms with Gasteiger partial charge in [-0.1, -0.05) is 42.5 Å². The molecule has 4 aromatic rings. The highest BCUT2D eigenvalue weighted by Crippen LogP contribution is 2.24. The molecule has 0 atom stereocenters. The molecule has 0 radical (unpaired) electrons. The lowest BCUT2D eigenvalue weighted by Gasteiger charge is -2.09. The molecule has 1 N–H and O–H groups in total. The van der Waals surface area contributed by atoms with Gasteiger partial charge in [-0.2, -0.15) is 10.2 Å². The third-order valence-corrected chi connectivity index (χ3v) is 3.85. The molecule has 0 unspecified atom stereocenters. The summed E-state index contributed by atoms with van der Waals surface area (Å²) in [5, 5.41) is 14.7. The average molecular weight is 299 g/mol. The zero-order valence-corrected chi connectivity index (χ0v) is 12.2. The van der Waals surface area contributed by atoms with Crippen LogP contribution in [0.5, 0.6) is 0 Å². The van der Waals surface area contributed by atoms with Gasteiger partial charge in [0.1, 0.15) is 0 Å². The van der Waals surface area contributed by atoms with Crippen LogP contribution in [-0.2, 0) is 0 Å². The SMILES string of the molecule is O=C(Nc1cccc2ccccc12)c1ccc2cnncc2c1. The van der Waals surface area contributed by atoms with Crippen LogP contribution in [0.25, 0.3) is 21.5 Å². The Morgan fingerprint density at radius 2 is 1.57 bits per heavy atom. The Kier molecular flexibility index (Phi) is 3.20. The number of hydrogen-bond acceptors (Lipinski definition) is 3. The van der Waals surface area contributed by atoms with E-state index in [0.717, 1.165) is 27.2 Å². The van der Waals surface area contributed by atoms with E-state index in [-0.39, 0.29) is 5.91 Å². The lowest BCUT2D eigenvalue weighted by Crippen LogP contribution is -2.12. The van der Waals surface area contributed by atoms with Gasteiger partial charge in [0.15, 0.2) is 0 Å². The maximum absolute atomic E-state index is 12.6. The molecule has 0 saturated carbocycles. The Morgan fingerprint density at radius 3 is 2.48 bits per heavy atom. The Hall–Kier alpha value is -3.27. The molecule has 4 nitrogen and oxygen atoms in total. The molecule has 0 spiro atoms. The van der Waals surface area contributed by atoms with Gasteiger partial charge in [-0.05, 0) is 23.6 Å². The minimum Gasteiger partial charge on any atom is -0.321 e. The number of nitrogens with one attached hydrogen (secondary N) is 1. The van der Waals surface area contributed by atoms with E-state index in [1.54, 1.807) is 18.5 Å². The van der Waals surface area contributed by atoms with Crippen LogP contribution in [-0.4, -0.2) is 16.1 Å². The largest absolute Gasteiger partial charge is 0.321 e. The number of rotatable bonds is 2. The molecule has 3 aromatic carbocycles. The molecule has 0 aliphatic rings. The van der Waals surface area contributed by atoms with Crippen LogP contribution >= 0.6 is 0 Å². The number of fused-ring (bicyclic) bond motifs is 2. The smallest absolute Gasteiger partial charge is 0.255 e. The number of hydrogen-bond donors (Lipinski definition) is 1. The van der Waals surface area contributed by atoms with E-state index < -0.39 is 0 Å². The molecule has 0 saturated heterocycles. The summed E-state index contributed by atoms with van der Waals surface area (Å²) >= 11 is 0. The summed E-state index contributed by atoms with van der Waals surface area (Å²) in [6, 6.07) is 19.4. The van der Waals surface area contributed by atoms with E-state index in [1.165, 1.54) is 0 Å². The molecule has 1 amide bonds. The van der Waals surface area contributed by atoms with Crippen molar-refractivity contribution in [3.05, 3.63) is 78.6 Å². The van der Waals surface area contributed by atoms with Crippen LogP contribution in [0.1, 0.15) is 10.4 Å². The van der Waals surface area contributed by atoms with Gasteiger partial charge in [0.25, 0.3) is 5.91 Å². The van der Waals surface area contributed by atoms with E-state index in [2.05, 4.69) is 15.5 Å². The number of aromatic nitrogens is 2. The van der Waals surface area contributed by atoms with Crippen molar-refractivity contribution in [2.24, 2.45) is 0 Å². The number of amides is 1. The molecule has 1 heterocycles. The number of anilines is 1. The number of benzene rings is 3. The Labute approximate surface area is 132 Å². The molecular formula is C19H13N3O. The van der Waals surface area contributed by atoms with E-state index in [1.807, 2.05) is 54.6 Å². The fourth-order valence-electron chi connectivity index (χ4n) is 2.67. The lowest BCUT2D eigenvalue weighted by atomic mass is 10.1. The summed E-state index contributed by atoms with van der Waals surface area (Å²) in [5.41, 5.74) is 1.40. The quantitative estimate of drug-likeness (QED) is 0.608. The highest BCUT2D eigenvalue weighted by atomic mass is 16.1. The van der Waals surface area contributed by atoms with Crippen molar-refractivity contribution >= 4 is 33.1 Å². The predicted octanol–water partition coefficient (Wildman–Crippen LogP) is 4.04. The van der Waals surface area contributed by atoms with E-state index >= 15 is 0 Å². The number of carbonyl (C=O) groups is 1. The first-order chi connectivity index (χ1) is 11.3. The van der Waals surface area contributed by atoms with Gasteiger partial charge in [-0.15, -0.1) is 0 Å². The zero-order chi connectivity index (χ0) is 15.6. The maximum Gasteiger partial charge on any atom is 0.255 e. The van der Waals surface area contributed by atoms with Crippen LogP contribution in [0.2, 0.25) is 0 Å². The first-order valence-corrected chi connectivity index (χ1v) is 7.31. The van der Waals surface area contributed by atoms with Crippen LogP contribution in [0.3, 0.4) is 0 Å². The molecule has 4 heteroatoms. The highest BCUT2D eigenvalue weighted by Gasteiger charge is 2.09. The molecule has 0 aliphatic carbocycles. The third-order valence-electron chi connectivity index (χ3n) is 3.85. The summed E-state index contributed by atoms with van der Waals surface area (Å²) < 4.78 is 0.